The molecule has 4 rings (SSSR count). The molecule has 10 nitrogen and oxygen atoms in total. The Morgan fingerprint density at radius 2 is 1.97 bits per heavy atom. The maximum atomic E-state index is 12.4. The normalized spacial score (nSPS) is 10.7. The van der Waals surface area contributed by atoms with Crippen LogP contribution in [0.5, 0.6) is 5.75 Å². The molecule has 0 aliphatic carbocycles. The first-order valence-corrected chi connectivity index (χ1v) is 9.08. The van der Waals surface area contributed by atoms with Gasteiger partial charge in [-0.1, -0.05) is 52.3 Å². The van der Waals surface area contributed by atoms with Crippen LogP contribution in [0, 0.1) is 6.92 Å². The molecule has 1 amide bonds. The number of aromatic nitrogens is 5. The van der Waals surface area contributed by atoms with E-state index >= 15 is 0 Å². The number of aryl methyl sites for hydroxylation is 1. The van der Waals surface area contributed by atoms with Crippen molar-refractivity contribution in [1.82, 2.24) is 25.1 Å². The smallest absolute Gasteiger partial charge is 0.282 e. The fraction of sp³-hybridized carbons (Fsp3) is 0.150. The molecule has 0 fully saturated rings. The van der Waals surface area contributed by atoms with Gasteiger partial charge in [0, 0.05) is 5.56 Å². The van der Waals surface area contributed by atoms with Crippen molar-refractivity contribution in [2.45, 2.75) is 13.5 Å². The third kappa shape index (κ3) is 3.83. The van der Waals surface area contributed by atoms with Gasteiger partial charge in [0.25, 0.3) is 5.89 Å². The van der Waals surface area contributed by atoms with Gasteiger partial charge < -0.3 is 20.3 Å². The summed E-state index contributed by atoms with van der Waals surface area (Å²) < 4.78 is 11.8. The average molecular weight is 405 g/mol. The molecule has 3 N–H and O–H groups in total. The summed E-state index contributed by atoms with van der Waals surface area (Å²) in [4.78, 5) is 16.7. The molecule has 152 valence electrons. The van der Waals surface area contributed by atoms with Crippen molar-refractivity contribution >= 4 is 17.4 Å². The summed E-state index contributed by atoms with van der Waals surface area (Å²) in [6.45, 7) is 1.85. The number of carbonyl (C=O) groups excluding carboxylic acids is 1. The quantitative estimate of drug-likeness (QED) is 0.500. The molecule has 0 unspecified atom stereocenters. The first-order valence-electron chi connectivity index (χ1n) is 9.08. The predicted octanol–water partition coefficient (Wildman–Crippen LogP) is 2.53. The Morgan fingerprint density at radius 3 is 2.73 bits per heavy atom. The Balaban J connectivity index is 1.50. The van der Waals surface area contributed by atoms with E-state index in [2.05, 4.69) is 25.8 Å². The summed E-state index contributed by atoms with van der Waals surface area (Å²) in [6, 6.07) is 14.8. The molecular weight excluding hydrogens is 386 g/mol. The van der Waals surface area contributed by atoms with Crippen LogP contribution in [0.3, 0.4) is 0 Å². The number of nitrogen functional groups attached to an aromatic ring is 1. The maximum absolute atomic E-state index is 12.4. The van der Waals surface area contributed by atoms with Gasteiger partial charge in [-0.05, 0) is 19.1 Å². The summed E-state index contributed by atoms with van der Waals surface area (Å²) >= 11 is 0. The van der Waals surface area contributed by atoms with Crippen molar-refractivity contribution in [2.75, 3.05) is 18.2 Å². The van der Waals surface area contributed by atoms with Crippen LogP contribution in [0.2, 0.25) is 0 Å². The van der Waals surface area contributed by atoms with Gasteiger partial charge in [-0.15, -0.1) is 5.10 Å². The highest BCUT2D eigenvalue weighted by Gasteiger charge is 2.20. The Morgan fingerprint density at radius 1 is 1.20 bits per heavy atom. The zero-order valence-corrected chi connectivity index (χ0v) is 16.4. The Hall–Kier alpha value is -4.21. The number of nitrogens with zero attached hydrogens (tertiary/aromatic N) is 5. The number of anilines is 2. The molecular formula is C20H19N7O3. The molecule has 0 radical (unpaired) electrons. The largest absolute Gasteiger partial charge is 0.495 e. The van der Waals surface area contributed by atoms with Crippen LogP contribution in [-0.4, -0.2) is 38.2 Å². The van der Waals surface area contributed by atoms with Crippen LogP contribution >= 0.6 is 0 Å². The lowest BCUT2D eigenvalue weighted by molar-refractivity contribution is -0.116. The van der Waals surface area contributed by atoms with Crippen LogP contribution in [0.15, 0.2) is 53.1 Å². The highest BCUT2D eigenvalue weighted by molar-refractivity contribution is 5.92. The van der Waals surface area contributed by atoms with E-state index in [1.165, 1.54) is 11.8 Å². The van der Waals surface area contributed by atoms with E-state index in [1.807, 2.05) is 37.3 Å². The van der Waals surface area contributed by atoms with E-state index in [0.717, 1.165) is 11.1 Å². The number of nitrogens with two attached hydrogens (primary N) is 1. The fourth-order valence-corrected chi connectivity index (χ4v) is 2.80. The lowest BCUT2D eigenvalue weighted by atomic mass is 10.1. The lowest BCUT2D eigenvalue weighted by Crippen LogP contribution is -2.21. The summed E-state index contributed by atoms with van der Waals surface area (Å²) in [5.74, 6) is 0.887. The number of methoxy groups -OCH3 is 1. The van der Waals surface area contributed by atoms with Gasteiger partial charge in [-0.25, -0.2) is 4.68 Å². The Kier molecular flexibility index (Phi) is 5.12. The van der Waals surface area contributed by atoms with Gasteiger partial charge in [0.1, 0.15) is 12.3 Å². The second-order valence-corrected chi connectivity index (χ2v) is 6.52. The highest BCUT2D eigenvalue weighted by atomic mass is 16.5. The molecule has 2 aromatic heterocycles. The van der Waals surface area contributed by atoms with Crippen LogP contribution in [-0.2, 0) is 11.3 Å². The van der Waals surface area contributed by atoms with E-state index < -0.39 is 0 Å². The summed E-state index contributed by atoms with van der Waals surface area (Å²) in [6.07, 6.45) is 0. The first kappa shape index (κ1) is 19.1. The van der Waals surface area contributed by atoms with E-state index in [9.17, 15) is 4.79 Å². The van der Waals surface area contributed by atoms with Crippen LogP contribution < -0.4 is 15.8 Å². The van der Waals surface area contributed by atoms with E-state index in [0.29, 0.717) is 17.3 Å². The second-order valence-electron chi connectivity index (χ2n) is 6.52. The Labute approximate surface area is 171 Å². The van der Waals surface area contributed by atoms with E-state index in [-0.39, 0.29) is 29.9 Å². The zero-order chi connectivity index (χ0) is 21.1. The molecule has 0 aliphatic heterocycles. The van der Waals surface area contributed by atoms with Gasteiger partial charge in [0.15, 0.2) is 11.5 Å². The minimum atomic E-state index is -0.339. The van der Waals surface area contributed by atoms with Gasteiger partial charge in [-0.2, -0.15) is 4.98 Å². The van der Waals surface area contributed by atoms with E-state index in [4.69, 9.17) is 15.0 Å². The molecule has 10 heteroatoms. The standard InChI is InChI=1S/C20H19N7O3/c1-12-7-9-13(10-8-12)19-23-20(30-25-19)17-18(21)27(26-24-17)11-16(28)22-14-5-3-4-6-15(14)29-2/h3-10H,11,21H2,1-2H3,(H,22,28). The highest BCUT2D eigenvalue weighted by Crippen LogP contribution is 2.26. The van der Waals surface area contributed by atoms with Crippen molar-refractivity contribution in [2.24, 2.45) is 0 Å². The predicted molar refractivity (Wildman–Crippen MR) is 110 cm³/mol. The summed E-state index contributed by atoms with van der Waals surface area (Å²) in [7, 11) is 1.53. The number of amides is 1. The number of hydrogen-bond donors (Lipinski definition) is 2. The summed E-state index contributed by atoms with van der Waals surface area (Å²) in [5.41, 5.74) is 8.79. The molecule has 30 heavy (non-hydrogen) atoms. The zero-order valence-electron chi connectivity index (χ0n) is 16.4. The number of nitrogens with one attached hydrogen (secondary N) is 1. The minimum absolute atomic E-state index is 0.125. The molecule has 0 bridgehead atoms. The number of benzene rings is 2. The van der Waals surface area contributed by atoms with Crippen molar-refractivity contribution in [3.8, 4) is 28.7 Å². The van der Waals surface area contributed by atoms with Crippen molar-refractivity contribution in [3.05, 3.63) is 54.1 Å². The van der Waals surface area contributed by atoms with Gasteiger partial charge >= 0.3 is 0 Å². The van der Waals surface area contributed by atoms with E-state index in [1.54, 1.807) is 18.2 Å². The molecule has 0 spiro atoms. The number of para-hydroxylation sites is 2. The third-order valence-corrected chi connectivity index (χ3v) is 4.39. The second kappa shape index (κ2) is 8.03. The van der Waals surface area contributed by atoms with Gasteiger partial charge in [0.2, 0.25) is 11.7 Å². The number of carbonyl (C=O) groups is 1. The number of hydrogen-bond acceptors (Lipinski definition) is 8. The molecule has 2 aromatic carbocycles. The van der Waals surface area contributed by atoms with Gasteiger partial charge in [0.05, 0.1) is 12.8 Å². The molecule has 0 saturated heterocycles. The van der Waals surface area contributed by atoms with Gasteiger partial charge in [-0.3, -0.25) is 4.79 Å². The van der Waals surface area contributed by atoms with Crippen molar-refractivity contribution in [3.63, 3.8) is 0 Å². The molecule has 2 heterocycles. The Bertz CT molecular complexity index is 1180. The number of rotatable bonds is 6. The molecule has 0 saturated carbocycles. The van der Waals surface area contributed by atoms with Crippen LogP contribution in [0.1, 0.15) is 5.56 Å². The minimum Gasteiger partial charge on any atom is -0.495 e. The first-order chi connectivity index (χ1) is 14.5. The molecule has 0 atom stereocenters. The topological polar surface area (TPSA) is 134 Å². The average Bonchev–Trinajstić information content (AvgIpc) is 3.36. The molecule has 4 aromatic rings. The number of ether oxygens (including phenoxy) is 1. The van der Waals surface area contributed by atoms with Crippen molar-refractivity contribution < 1.29 is 14.1 Å². The fourth-order valence-electron chi connectivity index (χ4n) is 2.80. The van der Waals surface area contributed by atoms with Crippen molar-refractivity contribution in [1.29, 1.82) is 0 Å². The maximum Gasteiger partial charge on any atom is 0.282 e. The third-order valence-electron chi connectivity index (χ3n) is 4.39. The van der Waals surface area contributed by atoms with Crippen LogP contribution in [0.25, 0.3) is 23.0 Å². The lowest BCUT2D eigenvalue weighted by Gasteiger charge is -2.09. The van der Waals surface area contributed by atoms with Crippen LogP contribution in [0.4, 0.5) is 11.5 Å². The summed E-state index contributed by atoms with van der Waals surface area (Å²) in [5, 5.41) is 14.6. The molecule has 0 aliphatic rings. The monoisotopic (exact) mass is 405 g/mol. The SMILES string of the molecule is COc1ccccc1NC(=O)Cn1nnc(-c2nc(-c3ccc(C)cc3)no2)c1N.